The van der Waals surface area contributed by atoms with E-state index in [-0.39, 0.29) is 5.82 Å². The summed E-state index contributed by atoms with van der Waals surface area (Å²) < 4.78 is 13.1. The first kappa shape index (κ1) is 14.0. The molecule has 1 aromatic heterocycles. The summed E-state index contributed by atoms with van der Waals surface area (Å²) in [6, 6.07) is 10.9. The SMILES string of the molecule is CCNC(C)c1ccnc(Sc2cccc(F)c2)c1. The standard InChI is InChI=1S/C15H17FN2S/c1-3-17-11(2)12-7-8-18-15(9-12)19-14-6-4-5-13(16)10-14/h4-11,17H,3H2,1-2H3. The molecule has 0 fully saturated rings. The number of benzene rings is 1. The van der Waals surface area contributed by atoms with Crippen molar-refractivity contribution in [3.05, 3.63) is 54.0 Å². The van der Waals surface area contributed by atoms with Crippen LogP contribution in [0.5, 0.6) is 0 Å². The fraction of sp³-hybridized carbons (Fsp3) is 0.267. The molecule has 0 aliphatic rings. The summed E-state index contributed by atoms with van der Waals surface area (Å²) in [5.74, 6) is -0.220. The topological polar surface area (TPSA) is 24.9 Å². The Balaban J connectivity index is 2.15. The van der Waals surface area contributed by atoms with E-state index in [0.717, 1.165) is 16.5 Å². The zero-order chi connectivity index (χ0) is 13.7. The summed E-state index contributed by atoms with van der Waals surface area (Å²) in [6.07, 6.45) is 1.80. The third-order valence-electron chi connectivity index (χ3n) is 2.79. The number of nitrogens with one attached hydrogen (secondary N) is 1. The number of aromatic nitrogens is 1. The number of hydrogen-bond donors (Lipinski definition) is 1. The highest BCUT2D eigenvalue weighted by Crippen LogP contribution is 2.27. The van der Waals surface area contributed by atoms with Gasteiger partial charge in [0.25, 0.3) is 0 Å². The molecule has 0 saturated heterocycles. The van der Waals surface area contributed by atoms with Gasteiger partial charge in [0.2, 0.25) is 0 Å². The monoisotopic (exact) mass is 276 g/mol. The summed E-state index contributed by atoms with van der Waals surface area (Å²) >= 11 is 1.47. The fourth-order valence-electron chi connectivity index (χ4n) is 1.83. The van der Waals surface area contributed by atoms with Gasteiger partial charge in [-0.1, -0.05) is 24.8 Å². The van der Waals surface area contributed by atoms with Crippen molar-refractivity contribution in [2.75, 3.05) is 6.54 Å². The molecule has 0 bridgehead atoms. The first-order valence-electron chi connectivity index (χ1n) is 6.32. The minimum absolute atomic E-state index is 0.220. The van der Waals surface area contributed by atoms with E-state index in [0.29, 0.717) is 6.04 Å². The third kappa shape index (κ3) is 4.04. The summed E-state index contributed by atoms with van der Waals surface area (Å²) in [5, 5.41) is 4.25. The largest absolute Gasteiger partial charge is 0.310 e. The van der Waals surface area contributed by atoms with Crippen molar-refractivity contribution in [2.45, 2.75) is 29.8 Å². The predicted octanol–water partition coefficient (Wildman–Crippen LogP) is 4.04. The minimum atomic E-state index is -0.220. The van der Waals surface area contributed by atoms with Crippen LogP contribution in [0.15, 0.2) is 52.5 Å². The van der Waals surface area contributed by atoms with E-state index in [4.69, 9.17) is 0 Å². The van der Waals surface area contributed by atoms with Gasteiger partial charge >= 0.3 is 0 Å². The summed E-state index contributed by atoms with van der Waals surface area (Å²) in [4.78, 5) is 5.18. The van der Waals surface area contributed by atoms with Gasteiger partial charge in [-0.2, -0.15) is 0 Å². The van der Waals surface area contributed by atoms with Crippen molar-refractivity contribution in [3.8, 4) is 0 Å². The molecule has 0 spiro atoms. The average Bonchev–Trinajstić information content (AvgIpc) is 2.39. The lowest BCUT2D eigenvalue weighted by Crippen LogP contribution is -2.17. The van der Waals surface area contributed by atoms with Crippen molar-refractivity contribution >= 4 is 11.8 Å². The van der Waals surface area contributed by atoms with Crippen LogP contribution in [0.2, 0.25) is 0 Å². The van der Waals surface area contributed by atoms with Crippen LogP contribution in [-0.2, 0) is 0 Å². The third-order valence-corrected chi connectivity index (χ3v) is 3.71. The number of nitrogens with zero attached hydrogens (tertiary/aromatic N) is 1. The molecule has 100 valence electrons. The Labute approximate surface area is 117 Å². The Hall–Kier alpha value is -1.39. The molecule has 0 aliphatic heterocycles. The van der Waals surface area contributed by atoms with Gasteiger partial charge in [0, 0.05) is 17.1 Å². The molecule has 0 aliphatic carbocycles. The van der Waals surface area contributed by atoms with Gasteiger partial charge in [-0.05, 0) is 49.4 Å². The van der Waals surface area contributed by atoms with Crippen LogP contribution >= 0.6 is 11.8 Å². The lowest BCUT2D eigenvalue weighted by Gasteiger charge is -2.13. The van der Waals surface area contributed by atoms with Gasteiger partial charge < -0.3 is 5.32 Å². The molecule has 0 amide bonds. The Morgan fingerprint density at radius 3 is 2.89 bits per heavy atom. The van der Waals surface area contributed by atoms with Crippen LogP contribution in [-0.4, -0.2) is 11.5 Å². The molecule has 0 radical (unpaired) electrons. The van der Waals surface area contributed by atoms with Crippen LogP contribution in [0.4, 0.5) is 4.39 Å². The van der Waals surface area contributed by atoms with E-state index in [2.05, 4.69) is 24.1 Å². The van der Waals surface area contributed by atoms with Crippen LogP contribution in [0.1, 0.15) is 25.5 Å². The van der Waals surface area contributed by atoms with Gasteiger partial charge in [0.1, 0.15) is 10.8 Å². The second-order valence-electron chi connectivity index (χ2n) is 4.27. The fourth-order valence-corrected chi connectivity index (χ4v) is 2.69. The molecule has 2 rings (SSSR count). The summed E-state index contributed by atoms with van der Waals surface area (Å²) in [7, 11) is 0. The van der Waals surface area contributed by atoms with E-state index in [1.165, 1.54) is 29.5 Å². The maximum Gasteiger partial charge on any atom is 0.124 e. The zero-order valence-corrected chi connectivity index (χ0v) is 11.9. The number of rotatable bonds is 5. The highest BCUT2D eigenvalue weighted by molar-refractivity contribution is 7.99. The first-order valence-corrected chi connectivity index (χ1v) is 7.13. The van der Waals surface area contributed by atoms with Gasteiger partial charge in [-0.25, -0.2) is 9.37 Å². The van der Waals surface area contributed by atoms with Crippen molar-refractivity contribution in [1.29, 1.82) is 0 Å². The average molecular weight is 276 g/mol. The van der Waals surface area contributed by atoms with Crippen molar-refractivity contribution in [3.63, 3.8) is 0 Å². The van der Waals surface area contributed by atoms with Crippen LogP contribution in [0, 0.1) is 5.82 Å². The molecule has 19 heavy (non-hydrogen) atoms. The van der Waals surface area contributed by atoms with Crippen molar-refractivity contribution in [2.24, 2.45) is 0 Å². The van der Waals surface area contributed by atoms with Crippen LogP contribution in [0.3, 0.4) is 0 Å². The molecule has 2 aromatic rings. The second kappa shape index (κ2) is 6.68. The molecule has 4 heteroatoms. The Bertz CT molecular complexity index is 545. The van der Waals surface area contributed by atoms with Crippen LogP contribution < -0.4 is 5.32 Å². The van der Waals surface area contributed by atoms with E-state index in [1.54, 1.807) is 12.3 Å². The molecule has 1 heterocycles. The Morgan fingerprint density at radius 2 is 2.16 bits per heavy atom. The maximum absolute atomic E-state index is 13.1. The van der Waals surface area contributed by atoms with E-state index in [1.807, 2.05) is 18.2 Å². The Kier molecular flexibility index (Phi) is 4.93. The lowest BCUT2D eigenvalue weighted by atomic mass is 10.1. The van der Waals surface area contributed by atoms with E-state index in [9.17, 15) is 4.39 Å². The molecule has 1 atom stereocenters. The molecule has 1 N–H and O–H groups in total. The molecule has 1 unspecified atom stereocenters. The normalized spacial score (nSPS) is 12.4. The molecular weight excluding hydrogens is 259 g/mol. The Morgan fingerprint density at radius 1 is 1.32 bits per heavy atom. The summed E-state index contributed by atoms with van der Waals surface area (Å²) in [6.45, 7) is 5.13. The zero-order valence-electron chi connectivity index (χ0n) is 11.1. The van der Waals surface area contributed by atoms with E-state index < -0.39 is 0 Å². The highest BCUT2D eigenvalue weighted by Gasteiger charge is 2.06. The molecular formula is C15H17FN2S. The highest BCUT2D eigenvalue weighted by atomic mass is 32.2. The maximum atomic E-state index is 13.1. The van der Waals surface area contributed by atoms with Crippen LogP contribution in [0.25, 0.3) is 0 Å². The van der Waals surface area contributed by atoms with Crippen molar-refractivity contribution in [1.82, 2.24) is 10.3 Å². The van der Waals surface area contributed by atoms with Gasteiger partial charge in [0.15, 0.2) is 0 Å². The van der Waals surface area contributed by atoms with Gasteiger partial charge in [-0.3, -0.25) is 0 Å². The van der Waals surface area contributed by atoms with Gasteiger partial charge in [0.05, 0.1) is 0 Å². The van der Waals surface area contributed by atoms with E-state index >= 15 is 0 Å². The number of pyridine rings is 1. The van der Waals surface area contributed by atoms with Gasteiger partial charge in [-0.15, -0.1) is 0 Å². The number of hydrogen-bond acceptors (Lipinski definition) is 3. The number of halogens is 1. The minimum Gasteiger partial charge on any atom is -0.310 e. The second-order valence-corrected chi connectivity index (χ2v) is 5.36. The van der Waals surface area contributed by atoms with Crippen molar-refractivity contribution < 1.29 is 4.39 Å². The smallest absolute Gasteiger partial charge is 0.124 e. The molecule has 1 aromatic carbocycles. The lowest BCUT2D eigenvalue weighted by molar-refractivity contribution is 0.596. The predicted molar refractivity (Wildman–Crippen MR) is 76.9 cm³/mol. The first-order chi connectivity index (χ1) is 9.19. The quantitative estimate of drug-likeness (QED) is 0.892. The molecule has 2 nitrogen and oxygen atoms in total. The summed E-state index contributed by atoms with van der Waals surface area (Å²) in [5.41, 5.74) is 1.19. The molecule has 0 saturated carbocycles.